The molecule has 178 valence electrons. The summed E-state index contributed by atoms with van der Waals surface area (Å²) in [5.41, 5.74) is 2.38. The minimum absolute atomic E-state index is 0.0625. The minimum Gasteiger partial charge on any atom is -0.461 e. The van der Waals surface area contributed by atoms with Crippen LogP contribution in [0, 0.1) is 56.7 Å². The van der Waals surface area contributed by atoms with Crippen LogP contribution in [0.2, 0.25) is 0 Å². The van der Waals surface area contributed by atoms with Crippen LogP contribution in [0.4, 0.5) is 0 Å². The van der Waals surface area contributed by atoms with Crippen LogP contribution in [0.5, 0.6) is 0 Å². The van der Waals surface area contributed by atoms with Crippen molar-refractivity contribution in [1.29, 1.82) is 0 Å². The summed E-state index contributed by atoms with van der Waals surface area (Å²) in [5.74, 6) is 3.19. The second kappa shape index (κ2) is 6.25. The zero-order chi connectivity index (χ0) is 22.9. The monoisotopic (exact) mass is 438 g/mol. The van der Waals surface area contributed by atoms with Gasteiger partial charge >= 0.3 is 5.97 Å². The van der Waals surface area contributed by atoms with E-state index >= 15 is 0 Å². The molecule has 5 aliphatic carbocycles. The second-order valence-corrected chi connectivity index (χ2v) is 14.6. The molecule has 0 amide bonds. The molecule has 2 nitrogen and oxygen atoms in total. The Morgan fingerprint density at radius 1 is 0.875 bits per heavy atom. The van der Waals surface area contributed by atoms with Crippen molar-refractivity contribution in [2.24, 2.45) is 56.7 Å². The van der Waals surface area contributed by atoms with Gasteiger partial charge in [-0.15, -0.1) is 0 Å². The molecule has 8 bridgehead atoms. The van der Waals surface area contributed by atoms with E-state index < -0.39 is 0 Å². The first-order valence-electron chi connectivity index (χ1n) is 13.8. The average Bonchev–Trinajstić information content (AvgIpc) is 2.72. The number of esters is 1. The third-order valence-electron chi connectivity index (χ3n) is 13.6. The SMILES string of the molecule is C[C@H]1[C@H](C)CC[C@@]23CC[C@]4(C)C(=CC[C@@H]5[C@@]6(C)CC[C@H](OC2=O)C(C)(C)[C@@H]6CC[C@]54C)[C@H]13. The van der Waals surface area contributed by atoms with Gasteiger partial charge in [-0.1, -0.05) is 60.1 Å². The number of rotatable bonds is 0. The van der Waals surface area contributed by atoms with E-state index in [9.17, 15) is 4.79 Å². The van der Waals surface area contributed by atoms with Crippen LogP contribution in [-0.4, -0.2) is 12.1 Å². The van der Waals surface area contributed by atoms with Crippen LogP contribution in [0.1, 0.15) is 106 Å². The van der Waals surface area contributed by atoms with Gasteiger partial charge in [0, 0.05) is 5.41 Å². The predicted octanol–water partition coefficient (Wildman–Crippen LogP) is 7.57. The Morgan fingerprint density at radius 2 is 1.62 bits per heavy atom. The van der Waals surface area contributed by atoms with Gasteiger partial charge in [0.15, 0.2) is 0 Å². The third-order valence-corrected chi connectivity index (χ3v) is 13.6. The lowest BCUT2D eigenvalue weighted by atomic mass is 9.33. The Kier molecular flexibility index (Phi) is 4.24. The van der Waals surface area contributed by atoms with Crippen molar-refractivity contribution in [3.8, 4) is 0 Å². The molecule has 0 aromatic rings. The molecule has 10 rings (SSSR count). The topological polar surface area (TPSA) is 26.3 Å². The molecule has 10 aliphatic rings. The minimum atomic E-state index is -0.282. The summed E-state index contributed by atoms with van der Waals surface area (Å²) in [4.78, 5) is 14.3. The van der Waals surface area contributed by atoms with E-state index in [4.69, 9.17) is 4.74 Å². The van der Waals surface area contributed by atoms with Gasteiger partial charge in [-0.2, -0.15) is 0 Å². The van der Waals surface area contributed by atoms with Gasteiger partial charge < -0.3 is 4.74 Å². The fourth-order valence-electron chi connectivity index (χ4n) is 11.3. The highest BCUT2D eigenvalue weighted by molar-refractivity contribution is 5.79. The zero-order valence-corrected chi connectivity index (χ0v) is 21.7. The maximum atomic E-state index is 14.3. The largest absolute Gasteiger partial charge is 0.461 e. The van der Waals surface area contributed by atoms with Crippen molar-refractivity contribution >= 4 is 5.97 Å². The van der Waals surface area contributed by atoms with Crippen LogP contribution in [0.15, 0.2) is 11.6 Å². The Labute approximate surface area is 196 Å². The lowest BCUT2D eigenvalue weighted by Gasteiger charge is -2.72. The second-order valence-electron chi connectivity index (χ2n) is 14.6. The highest BCUT2D eigenvalue weighted by Gasteiger charge is 2.71. The quantitative estimate of drug-likeness (QED) is 0.288. The Balaban J connectivity index is 1.63. The van der Waals surface area contributed by atoms with Gasteiger partial charge in [-0.05, 0) is 104 Å². The fourth-order valence-corrected chi connectivity index (χ4v) is 11.3. The molecule has 10 atom stereocenters. The highest BCUT2D eigenvalue weighted by atomic mass is 16.5. The van der Waals surface area contributed by atoms with Gasteiger partial charge in [0.2, 0.25) is 0 Å². The van der Waals surface area contributed by atoms with Crippen LogP contribution in [0.3, 0.4) is 0 Å². The molecule has 0 aromatic carbocycles. The van der Waals surface area contributed by atoms with Crippen molar-refractivity contribution in [2.45, 2.75) is 112 Å². The first-order chi connectivity index (χ1) is 14.9. The summed E-state index contributed by atoms with van der Waals surface area (Å²) in [6.07, 6.45) is 13.4. The van der Waals surface area contributed by atoms with Gasteiger partial charge in [0.25, 0.3) is 0 Å². The number of carbonyl (C=O) groups excluding carboxylic acids is 1. The number of carbonyl (C=O) groups is 1. The maximum absolute atomic E-state index is 14.3. The van der Waals surface area contributed by atoms with E-state index in [-0.39, 0.29) is 28.3 Å². The van der Waals surface area contributed by atoms with Crippen LogP contribution in [0.25, 0.3) is 0 Å². The van der Waals surface area contributed by atoms with E-state index in [1.54, 1.807) is 5.57 Å². The smallest absolute Gasteiger partial charge is 0.312 e. The van der Waals surface area contributed by atoms with Crippen molar-refractivity contribution in [2.75, 3.05) is 0 Å². The maximum Gasteiger partial charge on any atom is 0.312 e. The number of allylic oxidation sites excluding steroid dienone is 2. The molecule has 4 saturated carbocycles. The molecule has 0 unspecified atom stereocenters. The molecule has 5 heterocycles. The van der Waals surface area contributed by atoms with Gasteiger partial charge in [0.1, 0.15) is 6.10 Å². The van der Waals surface area contributed by atoms with Crippen LogP contribution < -0.4 is 0 Å². The zero-order valence-electron chi connectivity index (χ0n) is 21.7. The molecule has 3 saturated heterocycles. The van der Waals surface area contributed by atoms with E-state index in [0.717, 1.165) is 25.2 Å². The standard InChI is InChI=1S/C30H46O2/c1-18-10-15-30-17-16-28(6)20(24(30)19(18)2)8-9-22-27(5)13-12-23(32-25(30)31)26(3,4)21(27)11-14-29(22,28)7/h8,18-19,21-24H,9-17H2,1-7H3/t18-,19+,21+,22-,23+,24+,27+,28-,29-,30+/m1/s1. The van der Waals surface area contributed by atoms with Gasteiger partial charge in [-0.25, -0.2) is 0 Å². The molecule has 2 heteroatoms. The average molecular weight is 439 g/mol. The third kappa shape index (κ3) is 2.23. The Morgan fingerprint density at radius 3 is 2.38 bits per heavy atom. The summed E-state index contributed by atoms with van der Waals surface area (Å²) in [6.45, 7) is 17.7. The summed E-state index contributed by atoms with van der Waals surface area (Å²) >= 11 is 0. The van der Waals surface area contributed by atoms with Crippen molar-refractivity contribution < 1.29 is 9.53 Å². The van der Waals surface area contributed by atoms with Crippen LogP contribution in [-0.2, 0) is 9.53 Å². The predicted molar refractivity (Wildman–Crippen MR) is 129 cm³/mol. The Bertz CT molecular complexity index is 885. The first-order valence-corrected chi connectivity index (χ1v) is 13.8. The normalized spacial score (nSPS) is 58.0. The molecule has 0 radical (unpaired) electrons. The molecular weight excluding hydrogens is 392 g/mol. The first kappa shape index (κ1) is 21.7. The molecule has 0 N–H and O–H groups in total. The van der Waals surface area contributed by atoms with E-state index in [2.05, 4.69) is 54.5 Å². The lowest BCUT2D eigenvalue weighted by Crippen LogP contribution is -2.67. The number of hydrogen-bond acceptors (Lipinski definition) is 2. The highest BCUT2D eigenvalue weighted by Crippen LogP contribution is 2.76. The molecule has 32 heavy (non-hydrogen) atoms. The number of hydrogen-bond donors (Lipinski definition) is 0. The summed E-state index contributed by atoms with van der Waals surface area (Å²) in [7, 11) is 0. The van der Waals surface area contributed by atoms with Crippen molar-refractivity contribution in [3.63, 3.8) is 0 Å². The summed E-state index contributed by atoms with van der Waals surface area (Å²) in [6, 6.07) is 0. The van der Waals surface area contributed by atoms with Gasteiger partial charge in [0.05, 0.1) is 5.41 Å². The van der Waals surface area contributed by atoms with E-state index in [1.807, 2.05) is 0 Å². The van der Waals surface area contributed by atoms with Crippen LogP contribution >= 0.6 is 0 Å². The Hall–Kier alpha value is -0.790. The van der Waals surface area contributed by atoms with E-state index in [1.165, 1.54) is 38.5 Å². The molecular formula is C30H46O2. The molecule has 7 fully saturated rings. The number of ether oxygens (including phenoxy) is 1. The molecule has 5 aliphatic heterocycles. The molecule has 1 spiro atoms. The van der Waals surface area contributed by atoms with Crippen molar-refractivity contribution in [1.82, 2.24) is 0 Å². The summed E-state index contributed by atoms with van der Waals surface area (Å²) in [5, 5.41) is 0. The van der Waals surface area contributed by atoms with Gasteiger partial charge in [-0.3, -0.25) is 4.79 Å². The molecule has 0 aromatic heterocycles. The fraction of sp³-hybridized carbons (Fsp3) is 0.900. The van der Waals surface area contributed by atoms with Crippen molar-refractivity contribution in [3.05, 3.63) is 11.6 Å². The summed E-state index contributed by atoms with van der Waals surface area (Å²) < 4.78 is 6.69. The van der Waals surface area contributed by atoms with E-state index in [0.29, 0.717) is 34.5 Å². The lowest BCUT2D eigenvalue weighted by molar-refractivity contribution is -0.233.